The lowest BCUT2D eigenvalue weighted by atomic mass is 9.90. The Morgan fingerprint density at radius 3 is 2.41 bits per heavy atom. The number of hydrogen-bond acceptors (Lipinski definition) is 3. The minimum Gasteiger partial charge on any atom is -0.378 e. The summed E-state index contributed by atoms with van der Waals surface area (Å²) in [5, 5.41) is 0. The van der Waals surface area contributed by atoms with Crippen molar-refractivity contribution in [1.29, 1.82) is 0 Å². The predicted octanol–water partition coefficient (Wildman–Crippen LogP) is 1.14. The van der Waals surface area contributed by atoms with Gasteiger partial charge in [0.05, 0.1) is 12.0 Å². The van der Waals surface area contributed by atoms with E-state index < -0.39 is 0 Å². The molecule has 0 bridgehead atoms. The second-order valence-corrected chi connectivity index (χ2v) is 5.49. The van der Waals surface area contributed by atoms with E-state index in [-0.39, 0.29) is 17.9 Å². The van der Waals surface area contributed by atoms with E-state index in [2.05, 4.69) is 0 Å². The van der Waals surface area contributed by atoms with Crippen LogP contribution in [0.4, 0.5) is 0 Å². The van der Waals surface area contributed by atoms with Crippen molar-refractivity contribution in [3.63, 3.8) is 0 Å². The highest BCUT2D eigenvalue weighted by Crippen LogP contribution is 2.27. The van der Waals surface area contributed by atoms with Crippen molar-refractivity contribution in [2.75, 3.05) is 13.7 Å². The molecule has 1 saturated heterocycles. The lowest BCUT2D eigenvalue weighted by molar-refractivity contribution is -0.138. The number of carbonyl (C=O) groups is 1. The SMILES string of the molecule is CC1OCCC1C(=O)N(C)C1CCC(N)CC1. The van der Waals surface area contributed by atoms with Crippen LogP contribution in [0.3, 0.4) is 0 Å². The highest BCUT2D eigenvalue weighted by Gasteiger charge is 2.35. The van der Waals surface area contributed by atoms with Crippen LogP contribution in [0.2, 0.25) is 0 Å². The fraction of sp³-hybridized carbons (Fsp3) is 0.923. The minimum absolute atomic E-state index is 0.0654. The molecule has 98 valence electrons. The van der Waals surface area contributed by atoms with Crippen molar-refractivity contribution < 1.29 is 9.53 Å². The third-order valence-electron chi connectivity index (χ3n) is 4.33. The molecule has 1 saturated carbocycles. The summed E-state index contributed by atoms with van der Waals surface area (Å²) in [6.07, 6.45) is 5.13. The summed E-state index contributed by atoms with van der Waals surface area (Å²) in [5.41, 5.74) is 5.89. The Morgan fingerprint density at radius 1 is 1.24 bits per heavy atom. The highest BCUT2D eigenvalue weighted by atomic mass is 16.5. The first-order valence-electron chi connectivity index (χ1n) is 6.73. The number of hydrogen-bond donors (Lipinski definition) is 1. The fourth-order valence-electron chi connectivity index (χ4n) is 2.99. The molecule has 4 nitrogen and oxygen atoms in total. The van der Waals surface area contributed by atoms with Crippen LogP contribution in [-0.2, 0) is 9.53 Å². The quantitative estimate of drug-likeness (QED) is 0.787. The zero-order valence-corrected chi connectivity index (χ0v) is 10.9. The van der Waals surface area contributed by atoms with Crippen LogP contribution in [0.5, 0.6) is 0 Å². The average molecular weight is 240 g/mol. The van der Waals surface area contributed by atoms with Crippen molar-refractivity contribution in [2.45, 2.75) is 57.2 Å². The molecule has 1 amide bonds. The molecule has 2 N–H and O–H groups in total. The van der Waals surface area contributed by atoms with Gasteiger partial charge in [0.15, 0.2) is 0 Å². The maximum Gasteiger partial charge on any atom is 0.228 e. The van der Waals surface area contributed by atoms with Gasteiger partial charge in [-0.15, -0.1) is 0 Å². The topological polar surface area (TPSA) is 55.6 Å². The maximum absolute atomic E-state index is 12.4. The molecule has 0 aromatic heterocycles. The lowest BCUT2D eigenvalue weighted by Crippen LogP contribution is -2.45. The normalized spacial score (nSPS) is 38.1. The Balaban J connectivity index is 1.90. The minimum atomic E-state index is 0.0654. The van der Waals surface area contributed by atoms with Crippen molar-refractivity contribution in [1.82, 2.24) is 4.90 Å². The summed E-state index contributed by atoms with van der Waals surface area (Å²) in [5.74, 6) is 0.325. The smallest absolute Gasteiger partial charge is 0.228 e. The number of nitrogens with two attached hydrogens (primary N) is 1. The van der Waals surface area contributed by atoms with Gasteiger partial charge in [0.2, 0.25) is 5.91 Å². The van der Waals surface area contributed by atoms with E-state index in [1.165, 1.54) is 0 Å². The summed E-state index contributed by atoms with van der Waals surface area (Å²) in [6, 6.07) is 0.721. The molecule has 0 aromatic carbocycles. The highest BCUT2D eigenvalue weighted by molar-refractivity contribution is 5.79. The number of amides is 1. The van der Waals surface area contributed by atoms with Crippen molar-refractivity contribution in [3.8, 4) is 0 Å². The van der Waals surface area contributed by atoms with E-state index in [9.17, 15) is 4.79 Å². The Bertz CT molecular complexity index is 275. The van der Waals surface area contributed by atoms with E-state index in [0.29, 0.717) is 12.1 Å². The Labute approximate surface area is 103 Å². The molecule has 2 atom stereocenters. The molecule has 1 aliphatic heterocycles. The largest absolute Gasteiger partial charge is 0.378 e. The van der Waals surface area contributed by atoms with Crippen LogP contribution >= 0.6 is 0 Å². The lowest BCUT2D eigenvalue weighted by Gasteiger charge is -2.35. The average Bonchev–Trinajstić information content (AvgIpc) is 2.74. The number of nitrogens with zero attached hydrogens (tertiary/aromatic N) is 1. The van der Waals surface area contributed by atoms with Crippen molar-refractivity contribution >= 4 is 5.91 Å². The molecule has 17 heavy (non-hydrogen) atoms. The van der Waals surface area contributed by atoms with E-state index >= 15 is 0 Å². The molecule has 4 heteroatoms. The van der Waals surface area contributed by atoms with Crippen molar-refractivity contribution in [2.24, 2.45) is 11.7 Å². The van der Waals surface area contributed by atoms with E-state index in [1.807, 2.05) is 18.9 Å². The van der Waals surface area contributed by atoms with E-state index in [0.717, 1.165) is 38.7 Å². The first-order valence-corrected chi connectivity index (χ1v) is 6.73. The molecule has 2 fully saturated rings. The zero-order valence-electron chi connectivity index (χ0n) is 10.9. The van der Waals surface area contributed by atoms with Crippen LogP contribution in [-0.4, -0.2) is 42.6 Å². The molecule has 1 heterocycles. The molecular weight excluding hydrogens is 216 g/mol. The summed E-state index contributed by atoms with van der Waals surface area (Å²) in [7, 11) is 1.94. The van der Waals surface area contributed by atoms with Gasteiger partial charge in [-0.3, -0.25) is 4.79 Å². The third kappa shape index (κ3) is 2.80. The predicted molar refractivity (Wildman–Crippen MR) is 66.5 cm³/mol. The Morgan fingerprint density at radius 2 is 1.88 bits per heavy atom. The zero-order chi connectivity index (χ0) is 12.4. The van der Waals surface area contributed by atoms with Gasteiger partial charge in [0.25, 0.3) is 0 Å². The van der Waals surface area contributed by atoms with E-state index in [1.54, 1.807) is 0 Å². The van der Waals surface area contributed by atoms with Gasteiger partial charge in [-0.25, -0.2) is 0 Å². The number of ether oxygens (including phenoxy) is 1. The van der Waals surface area contributed by atoms with Crippen LogP contribution in [0.25, 0.3) is 0 Å². The first kappa shape index (κ1) is 12.8. The summed E-state index contributed by atoms with van der Waals surface area (Å²) in [6.45, 7) is 2.72. The van der Waals surface area contributed by atoms with Crippen molar-refractivity contribution in [3.05, 3.63) is 0 Å². The van der Waals surface area contributed by atoms with Gasteiger partial charge in [0.1, 0.15) is 0 Å². The van der Waals surface area contributed by atoms with Gasteiger partial charge in [-0.1, -0.05) is 0 Å². The summed E-state index contributed by atoms with van der Waals surface area (Å²) in [4.78, 5) is 14.3. The molecule has 0 aromatic rings. The molecule has 2 unspecified atom stereocenters. The van der Waals surface area contributed by atoms with Gasteiger partial charge in [-0.2, -0.15) is 0 Å². The third-order valence-corrected chi connectivity index (χ3v) is 4.33. The van der Waals surface area contributed by atoms with Gasteiger partial charge in [0, 0.05) is 25.7 Å². The second kappa shape index (κ2) is 5.36. The van der Waals surface area contributed by atoms with E-state index in [4.69, 9.17) is 10.5 Å². The summed E-state index contributed by atoms with van der Waals surface area (Å²) < 4.78 is 5.47. The molecule has 0 radical (unpaired) electrons. The molecule has 2 rings (SSSR count). The standard InChI is InChI=1S/C13H24N2O2/c1-9-12(7-8-17-9)13(16)15(2)11-5-3-10(14)4-6-11/h9-12H,3-8,14H2,1-2H3. The van der Waals surface area contributed by atoms with Crippen LogP contribution in [0.1, 0.15) is 39.0 Å². The number of rotatable bonds is 2. The number of carbonyl (C=O) groups excluding carboxylic acids is 1. The molecule has 1 aliphatic carbocycles. The molecular formula is C13H24N2O2. The second-order valence-electron chi connectivity index (χ2n) is 5.49. The van der Waals surface area contributed by atoms with Crippen LogP contribution in [0, 0.1) is 5.92 Å². The van der Waals surface area contributed by atoms with Gasteiger partial charge >= 0.3 is 0 Å². The van der Waals surface area contributed by atoms with Crippen LogP contribution < -0.4 is 5.73 Å². The molecule has 0 spiro atoms. The fourth-order valence-corrected chi connectivity index (χ4v) is 2.99. The molecule has 2 aliphatic rings. The Hall–Kier alpha value is -0.610. The monoisotopic (exact) mass is 240 g/mol. The Kier molecular flexibility index (Phi) is 4.05. The van der Waals surface area contributed by atoms with Gasteiger partial charge in [-0.05, 0) is 39.0 Å². The first-order chi connectivity index (χ1) is 8.09. The summed E-state index contributed by atoms with van der Waals surface area (Å²) >= 11 is 0. The maximum atomic E-state index is 12.4. The van der Waals surface area contributed by atoms with Crippen LogP contribution in [0.15, 0.2) is 0 Å². The van der Waals surface area contributed by atoms with Gasteiger partial charge < -0.3 is 15.4 Å².